The second kappa shape index (κ2) is 4.83. The zero-order chi connectivity index (χ0) is 13.1. The van der Waals surface area contributed by atoms with Crippen LogP contribution in [0.4, 0.5) is 20.2 Å². The number of benzene rings is 2. The molecule has 18 heavy (non-hydrogen) atoms. The number of anilines is 2. The Bertz CT molecular complexity index is 599. The van der Waals surface area contributed by atoms with Gasteiger partial charge in [0.1, 0.15) is 0 Å². The Morgan fingerprint density at radius 2 is 1.83 bits per heavy atom. The van der Waals surface area contributed by atoms with E-state index in [4.69, 9.17) is 5.73 Å². The highest BCUT2D eigenvalue weighted by atomic mass is 19.2. The topological polar surface area (TPSA) is 55.1 Å². The van der Waals surface area contributed by atoms with Crippen molar-refractivity contribution in [1.29, 1.82) is 0 Å². The second-order valence-electron chi connectivity index (χ2n) is 3.71. The van der Waals surface area contributed by atoms with E-state index < -0.39 is 17.5 Å². The van der Waals surface area contributed by atoms with Gasteiger partial charge >= 0.3 is 0 Å². The molecule has 0 saturated heterocycles. The molecule has 2 rings (SSSR count). The van der Waals surface area contributed by atoms with E-state index in [1.165, 1.54) is 6.07 Å². The molecule has 0 saturated carbocycles. The van der Waals surface area contributed by atoms with Gasteiger partial charge in [0.15, 0.2) is 11.6 Å². The minimum atomic E-state index is -1.06. The molecule has 1 amide bonds. The van der Waals surface area contributed by atoms with E-state index in [1.807, 2.05) is 0 Å². The smallest absolute Gasteiger partial charge is 0.255 e. The molecule has 0 atom stereocenters. The normalized spacial score (nSPS) is 10.1. The molecule has 3 nitrogen and oxygen atoms in total. The molecule has 2 aromatic carbocycles. The zero-order valence-electron chi connectivity index (χ0n) is 9.28. The fraction of sp³-hybridized carbons (Fsp3) is 0. The van der Waals surface area contributed by atoms with Crippen LogP contribution in [0.2, 0.25) is 0 Å². The van der Waals surface area contributed by atoms with Crippen LogP contribution in [0.25, 0.3) is 0 Å². The summed E-state index contributed by atoms with van der Waals surface area (Å²) in [6, 6.07) is 9.52. The van der Waals surface area contributed by atoms with Crippen molar-refractivity contribution in [2.75, 3.05) is 11.1 Å². The van der Waals surface area contributed by atoms with E-state index in [1.54, 1.807) is 24.3 Å². The largest absolute Gasteiger partial charge is 0.399 e. The lowest BCUT2D eigenvalue weighted by Gasteiger charge is -2.06. The third-order valence-electron chi connectivity index (χ3n) is 2.33. The summed E-state index contributed by atoms with van der Waals surface area (Å²) in [5, 5.41) is 2.54. The number of amides is 1. The Labute approximate surface area is 102 Å². The Balaban J connectivity index is 2.19. The van der Waals surface area contributed by atoms with Gasteiger partial charge in [-0.05, 0) is 36.4 Å². The molecule has 0 aliphatic carbocycles. The summed E-state index contributed by atoms with van der Waals surface area (Å²) < 4.78 is 25.7. The predicted octanol–water partition coefficient (Wildman–Crippen LogP) is 2.80. The lowest BCUT2D eigenvalue weighted by atomic mass is 10.2. The number of rotatable bonds is 2. The van der Waals surface area contributed by atoms with E-state index in [9.17, 15) is 13.6 Å². The maximum atomic E-state index is 13.0. The molecular weight excluding hydrogens is 238 g/mol. The molecular formula is C13H10F2N2O. The third kappa shape index (κ3) is 2.63. The van der Waals surface area contributed by atoms with Crippen LogP contribution in [0.15, 0.2) is 42.5 Å². The number of carbonyl (C=O) groups is 1. The summed E-state index contributed by atoms with van der Waals surface area (Å²) in [7, 11) is 0. The van der Waals surface area contributed by atoms with Crippen molar-refractivity contribution >= 4 is 17.3 Å². The van der Waals surface area contributed by atoms with Gasteiger partial charge in [0.05, 0.1) is 0 Å². The number of nitrogens with two attached hydrogens (primary N) is 1. The lowest BCUT2D eigenvalue weighted by molar-refractivity contribution is 0.102. The van der Waals surface area contributed by atoms with Gasteiger partial charge in [-0.3, -0.25) is 4.79 Å². The highest BCUT2D eigenvalue weighted by Crippen LogP contribution is 2.14. The Morgan fingerprint density at radius 1 is 1.06 bits per heavy atom. The second-order valence-corrected chi connectivity index (χ2v) is 3.71. The molecule has 2 aromatic rings. The summed E-state index contributed by atoms with van der Waals surface area (Å²) in [6.45, 7) is 0. The summed E-state index contributed by atoms with van der Waals surface area (Å²) in [5.74, 6) is -2.58. The van der Waals surface area contributed by atoms with Crippen LogP contribution in [0.3, 0.4) is 0 Å². The van der Waals surface area contributed by atoms with Crippen molar-refractivity contribution < 1.29 is 13.6 Å². The average molecular weight is 248 g/mol. The fourth-order valence-corrected chi connectivity index (χ4v) is 1.46. The number of carbonyl (C=O) groups excluding carboxylic acids is 1. The minimum Gasteiger partial charge on any atom is -0.399 e. The highest BCUT2D eigenvalue weighted by Gasteiger charge is 2.09. The third-order valence-corrected chi connectivity index (χ3v) is 2.33. The molecule has 92 valence electrons. The van der Waals surface area contributed by atoms with Gasteiger partial charge in [0.2, 0.25) is 0 Å². The van der Waals surface area contributed by atoms with Gasteiger partial charge in [0, 0.05) is 16.9 Å². The standard InChI is InChI=1S/C13H10F2N2O/c14-11-5-4-8(6-12(11)15)13(18)17-10-3-1-2-9(16)7-10/h1-7H,16H2,(H,17,18). The monoisotopic (exact) mass is 248 g/mol. The first-order valence-electron chi connectivity index (χ1n) is 5.18. The molecule has 0 aliphatic heterocycles. The van der Waals surface area contributed by atoms with Crippen molar-refractivity contribution in [3.05, 3.63) is 59.7 Å². The Kier molecular flexibility index (Phi) is 3.23. The molecule has 0 heterocycles. The van der Waals surface area contributed by atoms with Crippen LogP contribution in [0.5, 0.6) is 0 Å². The van der Waals surface area contributed by atoms with Gasteiger partial charge < -0.3 is 11.1 Å². The molecule has 3 N–H and O–H groups in total. The molecule has 0 radical (unpaired) electrons. The van der Waals surface area contributed by atoms with Crippen LogP contribution in [0, 0.1) is 11.6 Å². The van der Waals surface area contributed by atoms with Gasteiger partial charge in [0.25, 0.3) is 5.91 Å². The van der Waals surface area contributed by atoms with Crippen molar-refractivity contribution in [3.63, 3.8) is 0 Å². The van der Waals surface area contributed by atoms with Gasteiger partial charge in [-0.15, -0.1) is 0 Å². The van der Waals surface area contributed by atoms with Crippen molar-refractivity contribution in [3.8, 4) is 0 Å². The summed E-state index contributed by atoms with van der Waals surface area (Å²) in [4.78, 5) is 11.7. The number of nitrogens with one attached hydrogen (secondary N) is 1. The maximum absolute atomic E-state index is 13.0. The van der Waals surface area contributed by atoms with E-state index in [0.717, 1.165) is 12.1 Å². The number of nitrogen functional groups attached to an aromatic ring is 1. The molecule has 5 heteroatoms. The van der Waals surface area contributed by atoms with Crippen molar-refractivity contribution in [1.82, 2.24) is 0 Å². The van der Waals surface area contributed by atoms with Crippen LogP contribution in [-0.2, 0) is 0 Å². The number of hydrogen-bond donors (Lipinski definition) is 2. The first kappa shape index (κ1) is 12.0. The zero-order valence-corrected chi connectivity index (χ0v) is 9.28. The number of hydrogen-bond acceptors (Lipinski definition) is 2. The first-order valence-corrected chi connectivity index (χ1v) is 5.18. The first-order chi connectivity index (χ1) is 8.56. The van der Waals surface area contributed by atoms with Gasteiger partial charge in [-0.25, -0.2) is 8.78 Å². The maximum Gasteiger partial charge on any atom is 0.255 e. The van der Waals surface area contributed by atoms with Crippen molar-refractivity contribution in [2.45, 2.75) is 0 Å². The van der Waals surface area contributed by atoms with Crippen LogP contribution < -0.4 is 11.1 Å². The lowest BCUT2D eigenvalue weighted by Crippen LogP contribution is -2.12. The van der Waals surface area contributed by atoms with E-state index >= 15 is 0 Å². The Hall–Kier alpha value is -2.43. The summed E-state index contributed by atoms with van der Waals surface area (Å²) >= 11 is 0. The SMILES string of the molecule is Nc1cccc(NC(=O)c2ccc(F)c(F)c2)c1. The number of halogens is 2. The molecule has 0 bridgehead atoms. The van der Waals surface area contributed by atoms with E-state index in [2.05, 4.69) is 5.32 Å². The molecule has 0 aliphatic rings. The van der Waals surface area contributed by atoms with Crippen LogP contribution >= 0.6 is 0 Å². The summed E-state index contributed by atoms with van der Waals surface area (Å²) in [5.41, 5.74) is 6.58. The van der Waals surface area contributed by atoms with Gasteiger partial charge in [-0.1, -0.05) is 6.07 Å². The van der Waals surface area contributed by atoms with Crippen LogP contribution in [0.1, 0.15) is 10.4 Å². The molecule has 0 aromatic heterocycles. The molecule has 0 fully saturated rings. The predicted molar refractivity (Wildman–Crippen MR) is 65.2 cm³/mol. The Morgan fingerprint density at radius 3 is 2.50 bits per heavy atom. The van der Waals surface area contributed by atoms with E-state index in [0.29, 0.717) is 11.4 Å². The van der Waals surface area contributed by atoms with Gasteiger partial charge in [-0.2, -0.15) is 0 Å². The molecule has 0 spiro atoms. The quantitative estimate of drug-likeness (QED) is 0.803. The highest BCUT2D eigenvalue weighted by molar-refractivity contribution is 6.04. The summed E-state index contributed by atoms with van der Waals surface area (Å²) in [6.07, 6.45) is 0. The molecule has 0 unspecified atom stereocenters. The van der Waals surface area contributed by atoms with Crippen LogP contribution in [-0.4, -0.2) is 5.91 Å². The fourth-order valence-electron chi connectivity index (χ4n) is 1.46. The van der Waals surface area contributed by atoms with E-state index in [-0.39, 0.29) is 5.56 Å². The average Bonchev–Trinajstić information content (AvgIpc) is 2.32. The van der Waals surface area contributed by atoms with Crippen molar-refractivity contribution in [2.24, 2.45) is 0 Å². The minimum absolute atomic E-state index is 0.0383.